The molecule has 0 saturated carbocycles. The van der Waals surface area contributed by atoms with Crippen molar-refractivity contribution in [1.29, 1.82) is 0 Å². The summed E-state index contributed by atoms with van der Waals surface area (Å²) >= 11 is 1.69. The maximum atomic E-state index is 13.2. The lowest BCUT2D eigenvalue weighted by molar-refractivity contribution is -0.133. The zero-order chi connectivity index (χ0) is 22.7. The standard InChI is InChI=1S/C24H27N5O2S/c1-16-12-19(28-23(25)27-16)21(30)29-10-5-9-24(15-29,22(31)26-2)14-17-6-3-7-18(13-17)20-8-4-11-32-20/h3-4,6-8,11-13H,5,9-10,14-15H2,1-2H3,(H,26,31)(H2,25,27,28)/t24-/m0/s1. The van der Waals surface area contributed by atoms with Gasteiger partial charge in [0.1, 0.15) is 5.69 Å². The highest BCUT2D eigenvalue weighted by molar-refractivity contribution is 7.13. The van der Waals surface area contributed by atoms with Crippen LogP contribution in [0, 0.1) is 12.3 Å². The van der Waals surface area contributed by atoms with Crippen molar-refractivity contribution in [2.75, 3.05) is 25.9 Å². The number of rotatable bonds is 5. The summed E-state index contributed by atoms with van der Waals surface area (Å²) in [7, 11) is 1.65. The van der Waals surface area contributed by atoms with Gasteiger partial charge in [-0.05, 0) is 54.8 Å². The monoisotopic (exact) mass is 449 g/mol. The van der Waals surface area contributed by atoms with E-state index in [2.05, 4.69) is 44.9 Å². The molecule has 1 fully saturated rings. The maximum Gasteiger partial charge on any atom is 0.272 e. The van der Waals surface area contributed by atoms with E-state index in [-0.39, 0.29) is 23.5 Å². The van der Waals surface area contributed by atoms with Gasteiger partial charge >= 0.3 is 0 Å². The molecule has 32 heavy (non-hydrogen) atoms. The van der Waals surface area contributed by atoms with Gasteiger partial charge in [-0.15, -0.1) is 11.3 Å². The summed E-state index contributed by atoms with van der Waals surface area (Å²) in [5.74, 6) is -0.189. The van der Waals surface area contributed by atoms with E-state index in [1.54, 1.807) is 36.3 Å². The van der Waals surface area contributed by atoms with E-state index in [1.807, 2.05) is 12.1 Å². The fraction of sp³-hybridized carbons (Fsp3) is 0.333. The van der Waals surface area contributed by atoms with Gasteiger partial charge in [0.05, 0.1) is 5.41 Å². The van der Waals surface area contributed by atoms with E-state index in [0.29, 0.717) is 31.6 Å². The molecule has 0 aliphatic carbocycles. The van der Waals surface area contributed by atoms with E-state index in [1.165, 1.54) is 4.88 Å². The molecule has 8 heteroatoms. The van der Waals surface area contributed by atoms with Gasteiger partial charge in [0.25, 0.3) is 5.91 Å². The summed E-state index contributed by atoms with van der Waals surface area (Å²) in [6, 6.07) is 14.1. The van der Waals surface area contributed by atoms with Crippen LogP contribution in [0.25, 0.3) is 10.4 Å². The Morgan fingerprint density at radius 3 is 2.78 bits per heavy atom. The second-order valence-electron chi connectivity index (χ2n) is 8.30. The number of nitrogens with one attached hydrogen (secondary N) is 1. The molecule has 3 aromatic rings. The Balaban J connectivity index is 1.62. The molecule has 1 aliphatic rings. The van der Waals surface area contributed by atoms with Crippen LogP contribution in [-0.4, -0.2) is 46.8 Å². The zero-order valence-corrected chi connectivity index (χ0v) is 19.1. The average Bonchev–Trinajstić information content (AvgIpc) is 3.33. The van der Waals surface area contributed by atoms with Crippen molar-refractivity contribution in [1.82, 2.24) is 20.2 Å². The minimum Gasteiger partial charge on any atom is -0.368 e. The fourth-order valence-corrected chi connectivity index (χ4v) is 5.24. The van der Waals surface area contributed by atoms with Crippen molar-refractivity contribution in [3.8, 4) is 10.4 Å². The Morgan fingerprint density at radius 1 is 1.22 bits per heavy atom. The molecule has 4 rings (SSSR count). The average molecular weight is 450 g/mol. The number of carbonyl (C=O) groups is 2. The Morgan fingerprint density at radius 2 is 2.06 bits per heavy atom. The van der Waals surface area contributed by atoms with Crippen LogP contribution in [0.1, 0.15) is 34.6 Å². The molecule has 7 nitrogen and oxygen atoms in total. The number of aromatic nitrogens is 2. The molecular formula is C24H27N5O2S. The molecule has 2 aromatic heterocycles. The van der Waals surface area contributed by atoms with Crippen molar-refractivity contribution in [3.63, 3.8) is 0 Å². The highest BCUT2D eigenvalue weighted by atomic mass is 32.1. The number of benzene rings is 1. The molecule has 3 N–H and O–H groups in total. The van der Waals surface area contributed by atoms with Gasteiger partial charge in [0.2, 0.25) is 11.9 Å². The minimum absolute atomic E-state index is 0.0464. The van der Waals surface area contributed by atoms with Gasteiger partial charge in [-0.25, -0.2) is 9.97 Å². The number of aryl methyl sites for hydroxylation is 1. The highest BCUT2D eigenvalue weighted by Crippen LogP contribution is 2.36. The quantitative estimate of drug-likeness (QED) is 0.622. The Labute approximate surface area is 191 Å². The number of thiophene rings is 1. The summed E-state index contributed by atoms with van der Waals surface area (Å²) in [4.78, 5) is 37.4. The summed E-state index contributed by atoms with van der Waals surface area (Å²) in [6.45, 7) is 2.69. The van der Waals surface area contributed by atoms with Crippen LogP contribution in [0.15, 0.2) is 47.8 Å². The Bertz CT molecular complexity index is 1110. The van der Waals surface area contributed by atoms with Crippen molar-refractivity contribution >= 4 is 29.1 Å². The number of nitrogen functional groups attached to an aromatic ring is 1. The topological polar surface area (TPSA) is 101 Å². The van der Waals surface area contributed by atoms with Gasteiger partial charge in [0.15, 0.2) is 0 Å². The fourth-order valence-electron chi connectivity index (χ4n) is 4.51. The first-order valence-electron chi connectivity index (χ1n) is 10.7. The molecule has 1 saturated heterocycles. The van der Waals surface area contributed by atoms with Crippen LogP contribution in [-0.2, 0) is 11.2 Å². The van der Waals surface area contributed by atoms with Gasteiger partial charge in [0, 0.05) is 30.7 Å². The Kier molecular flexibility index (Phi) is 6.23. The first-order chi connectivity index (χ1) is 15.4. The van der Waals surface area contributed by atoms with E-state index >= 15 is 0 Å². The lowest BCUT2D eigenvalue weighted by Crippen LogP contribution is -2.54. The smallest absolute Gasteiger partial charge is 0.272 e. The second-order valence-corrected chi connectivity index (χ2v) is 9.24. The molecule has 0 bridgehead atoms. The van der Waals surface area contributed by atoms with Crippen LogP contribution >= 0.6 is 11.3 Å². The molecule has 0 unspecified atom stereocenters. The van der Waals surface area contributed by atoms with E-state index in [9.17, 15) is 9.59 Å². The zero-order valence-electron chi connectivity index (χ0n) is 18.3. The van der Waals surface area contributed by atoms with Crippen LogP contribution < -0.4 is 11.1 Å². The summed E-state index contributed by atoms with van der Waals surface area (Å²) in [5, 5.41) is 4.89. The predicted octanol–water partition coefficient (Wildman–Crippen LogP) is 3.31. The molecule has 0 radical (unpaired) electrons. The summed E-state index contributed by atoms with van der Waals surface area (Å²) < 4.78 is 0. The molecule has 3 heterocycles. The molecule has 166 valence electrons. The number of likely N-dealkylation sites (tertiary alicyclic amines) is 1. The van der Waals surface area contributed by atoms with Crippen LogP contribution in [0.3, 0.4) is 0 Å². The molecule has 0 spiro atoms. The molecular weight excluding hydrogens is 422 g/mol. The summed E-state index contributed by atoms with van der Waals surface area (Å²) in [6.07, 6.45) is 2.01. The maximum absolute atomic E-state index is 13.2. The first-order valence-corrected chi connectivity index (χ1v) is 11.5. The second kappa shape index (κ2) is 9.08. The number of amides is 2. The molecule has 2 amide bonds. The van der Waals surface area contributed by atoms with Crippen molar-refractivity contribution in [2.24, 2.45) is 5.41 Å². The predicted molar refractivity (Wildman–Crippen MR) is 126 cm³/mol. The number of carbonyl (C=O) groups excluding carboxylic acids is 2. The van der Waals surface area contributed by atoms with E-state index in [4.69, 9.17) is 5.73 Å². The number of hydrogen-bond acceptors (Lipinski definition) is 6. The number of nitrogens with two attached hydrogens (primary N) is 1. The van der Waals surface area contributed by atoms with E-state index < -0.39 is 5.41 Å². The van der Waals surface area contributed by atoms with Crippen molar-refractivity contribution < 1.29 is 9.59 Å². The van der Waals surface area contributed by atoms with Gasteiger partial charge < -0.3 is 16.0 Å². The van der Waals surface area contributed by atoms with Crippen molar-refractivity contribution in [2.45, 2.75) is 26.2 Å². The van der Waals surface area contributed by atoms with Gasteiger partial charge in [-0.2, -0.15) is 0 Å². The minimum atomic E-state index is -0.704. The molecule has 1 aliphatic heterocycles. The lowest BCUT2D eigenvalue weighted by Gasteiger charge is -2.41. The van der Waals surface area contributed by atoms with Gasteiger partial charge in [-0.3, -0.25) is 9.59 Å². The highest BCUT2D eigenvalue weighted by Gasteiger charge is 2.43. The third-order valence-corrected chi connectivity index (χ3v) is 6.86. The van der Waals surface area contributed by atoms with Crippen LogP contribution in [0.2, 0.25) is 0 Å². The number of hydrogen-bond donors (Lipinski definition) is 2. The number of nitrogens with zero attached hydrogens (tertiary/aromatic N) is 3. The van der Waals surface area contributed by atoms with Crippen LogP contribution in [0.4, 0.5) is 5.95 Å². The molecule has 1 atom stereocenters. The third-order valence-electron chi connectivity index (χ3n) is 5.94. The molecule has 1 aromatic carbocycles. The Hall–Kier alpha value is -3.26. The SMILES string of the molecule is CNC(=O)[C@]1(Cc2cccc(-c3cccs3)c2)CCCN(C(=O)c2cc(C)nc(N)n2)C1. The number of piperidine rings is 1. The first kappa shape index (κ1) is 22.0. The van der Waals surface area contributed by atoms with E-state index in [0.717, 1.165) is 17.5 Å². The van der Waals surface area contributed by atoms with Crippen molar-refractivity contribution in [3.05, 3.63) is 64.8 Å². The van der Waals surface area contributed by atoms with Gasteiger partial charge in [-0.1, -0.05) is 30.3 Å². The third kappa shape index (κ3) is 4.50. The largest absolute Gasteiger partial charge is 0.368 e. The van der Waals surface area contributed by atoms with Crippen LogP contribution in [0.5, 0.6) is 0 Å². The number of anilines is 1. The normalized spacial score (nSPS) is 18.4. The summed E-state index contributed by atoms with van der Waals surface area (Å²) in [5.41, 5.74) is 8.17. The lowest BCUT2D eigenvalue weighted by atomic mass is 9.74.